The summed E-state index contributed by atoms with van der Waals surface area (Å²) >= 11 is 0. The van der Waals surface area contributed by atoms with Gasteiger partial charge in [0, 0.05) is 13.0 Å². The molecule has 16 heavy (non-hydrogen) atoms. The first-order valence-corrected chi connectivity index (χ1v) is 6.78. The fourth-order valence-electron chi connectivity index (χ4n) is 2.90. The van der Waals surface area contributed by atoms with Crippen molar-refractivity contribution in [1.82, 2.24) is 5.32 Å². The van der Waals surface area contributed by atoms with Gasteiger partial charge in [-0.15, -0.1) is 0 Å². The van der Waals surface area contributed by atoms with Crippen molar-refractivity contribution in [3.05, 3.63) is 0 Å². The molecule has 0 aromatic heterocycles. The zero-order valence-corrected chi connectivity index (χ0v) is 11.4. The van der Waals surface area contributed by atoms with Gasteiger partial charge in [0.1, 0.15) is 0 Å². The van der Waals surface area contributed by atoms with Gasteiger partial charge in [0.2, 0.25) is 5.91 Å². The minimum Gasteiger partial charge on any atom is -0.356 e. The molecule has 2 rings (SSSR count). The smallest absolute Gasteiger partial charge is 0.220 e. The van der Waals surface area contributed by atoms with Gasteiger partial charge < -0.3 is 5.32 Å². The maximum atomic E-state index is 11.3. The molecule has 2 nitrogen and oxygen atoms in total. The number of hydrogen-bond donors (Lipinski definition) is 1. The van der Waals surface area contributed by atoms with Gasteiger partial charge in [0.25, 0.3) is 0 Å². The van der Waals surface area contributed by atoms with Crippen molar-refractivity contribution in [3.8, 4) is 0 Å². The number of nitrogens with one attached hydrogen (secondary N) is 1. The van der Waals surface area contributed by atoms with Crippen LogP contribution in [0.5, 0.6) is 0 Å². The van der Waals surface area contributed by atoms with Crippen LogP contribution in [0.3, 0.4) is 0 Å². The van der Waals surface area contributed by atoms with Crippen LogP contribution in [0, 0.1) is 10.8 Å². The third-order valence-corrected chi connectivity index (χ3v) is 4.09. The number of rotatable bonds is 0. The van der Waals surface area contributed by atoms with E-state index < -0.39 is 0 Å². The van der Waals surface area contributed by atoms with Crippen LogP contribution < -0.4 is 5.32 Å². The highest BCUT2D eigenvalue weighted by Gasteiger charge is 2.40. The van der Waals surface area contributed by atoms with E-state index >= 15 is 0 Å². The highest BCUT2D eigenvalue weighted by Crippen LogP contribution is 2.45. The second-order valence-corrected chi connectivity index (χ2v) is 5.97. The maximum Gasteiger partial charge on any atom is 0.220 e. The zero-order valence-electron chi connectivity index (χ0n) is 11.4. The van der Waals surface area contributed by atoms with Crippen molar-refractivity contribution >= 4 is 5.91 Å². The third-order valence-electron chi connectivity index (χ3n) is 4.09. The largest absolute Gasteiger partial charge is 0.356 e. The van der Waals surface area contributed by atoms with Gasteiger partial charge in [0.05, 0.1) is 0 Å². The Morgan fingerprint density at radius 1 is 1.06 bits per heavy atom. The second kappa shape index (κ2) is 5.20. The Kier molecular flexibility index (Phi) is 4.40. The molecule has 1 amide bonds. The molecule has 0 radical (unpaired) electrons. The molecule has 1 spiro atoms. The van der Waals surface area contributed by atoms with Crippen LogP contribution >= 0.6 is 0 Å². The fourth-order valence-corrected chi connectivity index (χ4v) is 2.90. The first-order valence-electron chi connectivity index (χ1n) is 6.78. The SMILES string of the molecule is CC.CC1(C)CCCC2(CC1)CNC(=O)C2. The van der Waals surface area contributed by atoms with Gasteiger partial charge in [-0.05, 0) is 36.5 Å². The summed E-state index contributed by atoms with van der Waals surface area (Å²) in [7, 11) is 0. The van der Waals surface area contributed by atoms with E-state index in [1.165, 1.54) is 32.1 Å². The van der Waals surface area contributed by atoms with Gasteiger partial charge in [-0.3, -0.25) is 4.79 Å². The van der Waals surface area contributed by atoms with E-state index in [2.05, 4.69) is 19.2 Å². The van der Waals surface area contributed by atoms with Crippen molar-refractivity contribution in [2.24, 2.45) is 10.8 Å². The molecule has 1 N–H and O–H groups in total. The van der Waals surface area contributed by atoms with Gasteiger partial charge in [-0.2, -0.15) is 0 Å². The quantitative estimate of drug-likeness (QED) is 0.671. The van der Waals surface area contributed by atoms with Crippen LogP contribution in [0.15, 0.2) is 0 Å². The second-order valence-electron chi connectivity index (χ2n) is 5.97. The Labute approximate surface area is 100 Å². The van der Waals surface area contributed by atoms with Crippen LogP contribution in [0.25, 0.3) is 0 Å². The molecular weight excluding hydrogens is 198 g/mol. The van der Waals surface area contributed by atoms with E-state index in [1.54, 1.807) is 0 Å². The van der Waals surface area contributed by atoms with E-state index in [-0.39, 0.29) is 5.91 Å². The van der Waals surface area contributed by atoms with Crippen molar-refractivity contribution in [1.29, 1.82) is 0 Å². The molecule has 1 saturated carbocycles. The van der Waals surface area contributed by atoms with Crippen LogP contribution in [0.2, 0.25) is 0 Å². The molecule has 1 unspecified atom stereocenters. The van der Waals surface area contributed by atoms with Gasteiger partial charge in [-0.1, -0.05) is 34.1 Å². The molecule has 2 aliphatic rings. The zero-order chi connectivity index (χ0) is 12.2. The van der Waals surface area contributed by atoms with E-state index in [9.17, 15) is 4.79 Å². The molecule has 0 aromatic carbocycles. The Hall–Kier alpha value is -0.530. The van der Waals surface area contributed by atoms with Gasteiger partial charge >= 0.3 is 0 Å². The van der Waals surface area contributed by atoms with E-state index in [0.29, 0.717) is 10.8 Å². The molecule has 94 valence electrons. The van der Waals surface area contributed by atoms with Crippen LogP contribution in [-0.2, 0) is 4.79 Å². The average Bonchev–Trinajstić information content (AvgIpc) is 2.53. The average molecular weight is 225 g/mol. The lowest BCUT2D eigenvalue weighted by atomic mass is 9.78. The maximum absolute atomic E-state index is 11.3. The highest BCUT2D eigenvalue weighted by molar-refractivity contribution is 5.79. The van der Waals surface area contributed by atoms with E-state index in [1.807, 2.05) is 13.8 Å². The van der Waals surface area contributed by atoms with Crippen molar-refractivity contribution in [2.75, 3.05) is 6.54 Å². The molecule has 1 heterocycles. The summed E-state index contributed by atoms with van der Waals surface area (Å²) in [5.41, 5.74) is 0.819. The van der Waals surface area contributed by atoms with Crippen LogP contribution in [-0.4, -0.2) is 12.5 Å². The molecule has 2 heteroatoms. The Balaban J connectivity index is 0.000000606. The van der Waals surface area contributed by atoms with E-state index in [4.69, 9.17) is 0 Å². The first-order chi connectivity index (χ1) is 7.52. The van der Waals surface area contributed by atoms with Gasteiger partial charge in [0.15, 0.2) is 0 Å². The summed E-state index contributed by atoms with van der Waals surface area (Å²) in [6, 6.07) is 0. The predicted octanol–water partition coefficient (Wildman–Crippen LogP) is 3.51. The molecule has 2 fully saturated rings. The summed E-state index contributed by atoms with van der Waals surface area (Å²) < 4.78 is 0. The minimum absolute atomic E-state index is 0.268. The number of hydrogen-bond acceptors (Lipinski definition) is 1. The number of carbonyl (C=O) groups excluding carboxylic acids is 1. The topological polar surface area (TPSA) is 29.1 Å². The molecule has 1 aliphatic carbocycles. The van der Waals surface area contributed by atoms with Crippen LogP contribution in [0.4, 0.5) is 0 Å². The van der Waals surface area contributed by atoms with Crippen molar-refractivity contribution < 1.29 is 4.79 Å². The molecule has 1 saturated heterocycles. The molecule has 0 bridgehead atoms. The number of carbonyl (C=O) groups is 1. The lowest BCUT2D eigenvalue weighted by molar-refractivity contribution is -0.119. The summed E-state index contributed by atoms with van der Waals surface area (Å²) in [6.45, 7) is 9.65. The van der Waals surface area contributed by atoms with Crippen molar-refractivity contribution in [2.45, 2.75) is 66.2 Å². The van der Waals surface area contributed by atoms with E-state index in [0.717, 1.165) is 13.0 Å². The predicted molar refractivity (Wildman–Crippen MR) is 68.3 cm³/mol. The summed E-state index contributed by atoms with van der Waals surface area (Å²) in [5, 5.41) is 3.00. The molecule has 1 aliphatic heterocycles. The summed E-state index contributed by atoms with van der Waals surface area (Å²) in [6.07, 6.45) is 7.16. The standard InChI is InChI=1S/C12H21NO.C2H6/c1-11(2)4-3-5-12(7-6-11)8-10(14)13-9-12;1-2/h3-9H2,1-2H3,(H,13,14);1-2H3. The first kappa shape index (κ1) is 13.5. The lowest BCUT2D eigenvalue weighted by Gasteiger charge is -2.26. The highest BCUT2D eigenvalue weighted by atomic mass is 16.1. The minimum atomic E-state index is 0.268. The normalized spacial score (nSPS) is 32.6. The third kappa shape index (κ3) is 3.23. The molecule has 1 atom stereocenters. The fraction of sp³-hybridized carbons (Fsp3) is 0.929. The molecule has 0 aromatic rings. The van der Waals surface area contributed by atoms with Crippen molar-refractivity contribution in [3.63, 3.8) is 0 Å². The lowest BCUT2D eigenvalue weighted by Crippen LogP contribution is -2.23. The Morgan fingerprint density at radius 2 is 1.75 bits per heavy atom. The Bertz CT molecular complexity index is 247. The van der Waals surface area contributed by atoms with Crippen LogP contribution in [0.1, 0.15) is 66.2 Å². The summed E-state index contributed by atoms with van der Waals surface area (Å²) in [4.78, 5) is 11.3. The van der Waals surface area contributed by atoms with Gasteiger partial charge in [-0.25, -0.2) is 0 Å². The molecular formula is C14H27NO. The monoisotopic (exact) mass is 225 g/mol. The Morgan fingerprint density at radius 3 is 2.31 bits per heavy atom. The summed E-state index contributed by atoms with van der Waals surface area (Å²) in [5.74, 6) is 0.268. The number of amides is 1.